The molecule has 0 atom stereocenters. The van der Waals surface area contributed by atoms with Gasteiger partial charge < -0.3 is 14.6 Å². The number of nitrogens with two attached hydrogens (primary N) is 1. The van der Waals surface area contributed by atoms with Crippen LogP contribution in [0, 0.1) is 0 Å². The third kappa shape index (κ3) is 5.62. The number of para-hydroxylation sites is 1. The highest BCUT2D eigenvalue weighted by Gasteiger charge is 2.37. The summed E-state index contributed by atoms with van der Waals surface area (Å²) in [5.41, 5.74) is 5.88. The smallest absolute Gasteiger partial charge is 0.415 e. The second kappa shape index (κ2) is 8.50. The topological polar surface area (TPSA) is 76.8 Å². The molecule has 3 N–H and O–H groups in total. The number of fused-ring (bicyclic) bond motifs is 1. The number of carbonyl (C=O) groups excluding carboxylic acids is 1. The monoisotopic (exact) mass is 419 g/mol. The summed E-state index contributed by atoms with van der Waals surface area (Å²) >= 11 is 0. The molecule has 0 saturated carbocycles. The van der Waals surface area contributed by atoms with Crippen LogP contribution < -0.4 is 16.2 Å². The van der Waals surface area contributed by atoms with Crippen molar-refractivity contribution in [3.63, 3.8) is 0 Å². The zero-order chi connectivity index (χ0) is 22.0. The van der Waals surface area contributed by atoms with E-state index in [1.165, 1.54) is 0 Å². The van der Waals surface area contributed by atoms with Gasteiger partial charge in [0.15, 0.2) is 8.32 Å². The van der Waals surface area contributed by atoms with Gasteiger partial charge in [-0.3, -0.25) is 10.7 Å². The molecule has 1 aromatic carbocycles. The van der Waals surface area contributed by atoms with E-state index in [1.54, 1.807) is 4.90 Å². The average Bonchev–Trinajstić information content (AvgIpc) is 2.58. The predicted octanol–water partition coefficient (Wildman–Crippen LogP) is 5.03. The van der Waals surface area contributed by atoms with E-state index in [1.807, 2.05) is 45.0 Å². The first-order valence-corrected chi connectivity index (χ1v) is 13.1. The van der Waals surface area contributed by atoms with Gasteiger partial charge >= 0.3 is 6.09 Å². The van der Waals surface area contributed by atoms with Crippen LogP contribution in [0.2, 0.25) is 18.1 Å². The standard InChI is InChI=1S/C22H37N3O3Si/c1-21(2,3)28-20(26)25-15-16(13-14-27-29(7,8)22(4,5)6)19(24-23)17-11-9-10-12-18(17)25/h9-12,24H,13-15,23H2,1-8H3. The molecule has 0 bridgehead atoms. The zero-order valence-corrected chi connectivity index (χ0v) is 20.2. The fourth-order valence-electron chi connectivity index (χ4n) is 2.98. The van der Waals surface area contributed by atoms with Crippen LogP contribution in [0.4, 0.5) is 10.5 Å². The lowest BCUT2D eigenvalue weighted by atomic mass is 9.97. The highest BCUT2D eigenvalue weighted by atomic mass is 28.4. The van der Waals surface area contributed by atoms with Crippen LogP contribution in [0.15, 0.2) is 29.8 Å². The highest BCUT2D eigenvalue weighted by molar-refractivity contribution is 6.74. The van der Waals surface area contributed by atoms with Gasteiger partial charge in [0.1, 0.15) is 5.60 Å². The lowest BCUT2D eigenvalue weighted by molar-refractivity contribution is 0.0582. The minimum absolute atomic E-state index is 0.151. The molecule has 29 heavy (non-hydrogen) atoms. The van der Waals surface area contributed by atoms with Crippen molar-refractivity contribution in [1.82, 2.24) is 5.43 Å². The summed E-state index contributed by atoms with van der Waals surface area (Å²) in [5.74, 6) is 5.88. The lowest BCUT2D eigenvalue weighted by Crippen LogP contribution is -2.43. The van der Waals surface area contributed by atoms with E-state index in [-0.39, 0.29) is 11.1 Å². The average molecular weight is 420 g/mol. The Morgan fingerprint density at radius 1 is 1.17 bits per heavy atom. The molecule has 0 aromatic heterocycles. The Balaban J connectivity index is 2.29. The highest BCUT2D eigenvalue weighted by Crippen LogP contribution is 2.38. The number of nitrogens with zero attached hydrogens (tertiary/aromatic N) is 1. The first-order valence-electron chi connectivity index (χ1n) is 10.2. The molecule has 1 aliphatic rings. The molecule has 162 valence electrons. The van der Waals surface area contributed by atoms with Crippen LogP contribution in [-0.2, 0) is 9.16 Å². The van der Waals surface area contributed by atoms with Gasteiger partial charge in [-0.05, 0) is 57.0 Å². The fraction of sp³-hybridized carbons (Fsp3) is 0.591. The molecular formula is C22H37N3O3Si. The summed E-state index contributed by atoms with van der Waals surface area (Å²) in [5, 5.41) is 0.151. The number of hydrazine groups is 1. The second-order valence-electron chi connectivity index (χ2n) is 10.1. The van der Waals surface area contributed by atoms with Gasteiger partial charge in [-0.2, -0.15) is 0 Å². The molecule has 0 unspecified atom stereocenters. The van der Waals surface area contributed by atoms with Crippen LogP contribution >= 0.6 is 0 Å². The Hall–Kier alpha value is -1.83. The van der Waals surface area contributed by atoms with Crippen LogP contribution in [0.25, 0.3) is 5.70 Å². The third-order valence-electron chi connectivity index (χ3n) is 5.60. The molecule has 6 nitrogen and oxygen atoms in total. The fourth-order valence-corrected chi connectivity index (χ4v) is 4.02. The number of hydrogen-bond donors (Lipinski definition) is 2. The number of carbonyl (C=O) groups is 1. The Kier molecular flexibility index (Phi) is 6.87. The number of ether oxygens (including phenoxy) is 1. The Morgan fingerprint density at radius 2 is 1.79 bits per heavy atom. The summed E-state index contributed by atoms with van der Waals surface area (Å²) in [6, 6.07) is 7.74. The SMILES string of the molecule is CC(C)(C)OC(=O)N1CC(CCO[Si](C)(C)C(C)(C)C)=C(NN)c2ccccc21. The number of amides is 1. The lowest BCUT2D eigenvalue weighted by Gasteiger charge is -2.37. The van der Waals surface area contributed by atoms with Gasteiger partial charge in [0, 0.05) is 12.2 Å². The van der Waals surface area contributed by atoms with Crippen LogP contribution in [0.3, 0.4) is 0 Å². The minimum Gasteiger partial charge on any atom is -0.443 e. The van der Waals surface area contributed by atoms with Gasteiger partial charge in [0.2, 0.25) is 0 Å². The first-order chi connectivity index (χ1) is 13.3. The largest absolute Gasteiger partial charge is 0.443 e. The summed E-state index contributed by atoms with van der Waals surface area (Å²) in [4.78, 5) is 14.6. The van der Waals surface area contributed by atoms with Crippen molar-refractivity contribution >= 4 is 25.8 Å². The quantitative estimate of drug-likeness (QED) is 0.398. The van der Waals surface area contributed by atoms with E-state index in [0.717, 1.165) is 22.5 Å². The molecule has 1 amide bonds. The van der Waals surface area contributed by atoms with Gasteiger partial charge in [-0.15, -0.1) is 0 Å². The van der Waals surface area contributed by atoms with E-state index in [4.69, 9.17) is 15.0 Å². The number of benzene rings is 1. The van der Waals surface area contributed by atoms with Crippen molar-refractivity contribution in [3.8, 4) is 0 Å². The molecule has 0 radical (unpaired) electrons. The van der Waals surface area contributed by atoms with E-state index in [2.05, 4.69) is 39.3 Å². The van der Waals surface area contributed by atoms with Gasteiger partial charge in [0.05, 0.1) is 17.9 Å². The maximum atomic E-state index is 12.9. The summed E-state index contributed by atoms with van der Waals surface area (Å²) in [7, 11) is -1.84. The number of rotatable bonds is 5. The normalized spacial score (nSPS) is 15.3. The van der Waals surface area contributed by atoms with Crippen LogP contribution in [-0.4, -0.2) is 33.2 Å². The van der Waals surface area contributed by atoms with Crippen molar-refractivity contribution in [2.75, 3.05) is 18.1 Å². The zero-order valence-electron chi connectivity index (χ0n) is 19.2. The van der Waals surface area contributed by atoms with Crippen molar-refractivity contribution in [1.29, 1.82) is 0 Å². The minimum atomic E-state index is -1.84. The van der Waals surface area contributed by atoms with E-state index >= 15 is 0 Å². The maximum absolute atomic E-state index is 12.9. The molecular weight excluding hydrogens is 382 g/mol. The molecule has 1 aliphatic heterocycles. The number of nitrogens with one attached hydrogen (secondary N) is 1. The van der Waals surface area contributed by atoms with Crippen LogP contribution in [0.1, 0.15) is 53.5 Å². The van der Waals surface area contributed by atoms with E-state index < -0.39 is 13.9 Å². The molecule has 2 rings (SSSR count). The molecule has 0 spiro atoms. The Labute approximate surface area is 176 Å². The Morgan fingerprint density at radius 3 is 2.34 bits per heavy atom. The summed E-state index contributed by atoms with van der Waals surface area (Å²) in [6.45, 7) is 17.8. The third-order valence-corrected chi connectivity index (χ3v) is 10.1. The maximum Gasteiger partial charge on any atom is 0.415 e. The summed E-state index contributed by atoms with van der Waals surface area (Å²) in [6.07, 6.45) is 0.337. The predicted molar refractivity (Wildman–Crippen MR) is 122 cm³/mol. The number of hydrogen-bond acceptors (Lipinski definition) is 5. The molecule has 0 fully saturated rings. The van der Waals surface area contributed by atoms with Crippen molar-refractivity contribution < 1.29 is 14.0 Å². The van der Waals surface area contributed by atoms with E-state index in [0.29, 0.717) is 19.6 Å². The van der Waals surface area contributed by atoms with Gasteiger partial charge in [-0.25, -0.2) is 4.79 Å². The summed E-state index contributed by atoms with van der Waals surface area (Å²) < 4.78 is 12.0. The van der Waals surface area contributed by atoms with Gasteiger partial charge in [0.25, 0.3) is 0 Å². The van der Waals surface area contributed by atoms with Crippen molar-refractivity contribution in [2.45, 2.75) is 71.7 Å². The molecule has 7 heteroatoms. The van der Waals surface area contributed by atoms with Gasteiger partial charge in [-0.1, -0.05) is 39.0 Å². The van der Waals surface area contributed by atoms with Crippen molar-refractivity contribution in [2.24, 2.45) is 5.84 Å². The van der Waals surface area contributed by atoms with E-state index in [9.17, 15) is 4.79 Å². The Bertz CT molecular complexity index is 776. The molecule has 1 aromatic rings. The second-order valence-corrected chi connectivity index (χ2v) is 14.9. The van der Waals surface area contributed by atoms with Crippen LogP contribution in [0.5, 0.6) is 0 Å². The van der Waals surface area contributed by atoms with Crippen molar-refractivity contribution in [3.05, 3.63) is 35.4 Å². The molecule has 0 aliphatic carbocycles. The molecule has 0 saturated heterocycles. The first kappa shape index (κ1) is 23.4. The molecule has 1 heterocycles. The number of anilines is 1.